The van der Waals surface area contributed by atoms with Gasteiger partial charge in [0.1, 0.15) is 0 Å². The zero-order valence-electron chi connectivity index (χ0n) is 12.7. The molecule has 0 radical (unpaired) electrons. The summed E-state index contributed by atoms with van der Waals surface area (Å²) in [5.74, 6) is -1.01. The highest BCUT2D eigenvalue weighted by Gasteiger charge is 2.16. The molecule has 0 aliphatic heterocycles. The molecule has 0 aliphatic carbocycles. The van der Waals surface area contributed by atoms with Crippen LogP contribution < -0.4 is 10.6 Å². The molecule has 0 saturated heterocycles. The summed E-state index contributed by atoms with van der Waals surface area (Å²) in [6, 6.07) is 9.23. The molecule has 2 amide bonds. The number of carbonyl (C=O) groups excluding carboxylic acids is 2. The van der Waals surface area contributed by atoms with Crippen LogP contribution in [0, 0.1) is 0 Å². The van der Waals surface area contributed by atoms with E-state index in [1.165, 1.54) is 0 Å². The summed E-state index contributed by atoms with van der Waals surface area (Å²) in [5.41, 5.74) is 0.948. The highest BCUT2D eigenvalue weighted by molar-refractivity contribution is 6.36. The van der Waals surface area contributed by atoms with E-state index in [4.69, 9.17) is 5.11 Å². The SMILES string of the molecule is C[C@@H](NC(=O)C(=O)CCCCCNC(=O)O)c1ccccc1. The van der Waals surface area contributed by atoms with Crippen molar-refractivity contribution in [3.8, 4) is 0 Å². The van der Waals surface area contributed by atoms with Gasteiger partial charge in [0.15, 0.2) is 0 Å². The van der Waals surface area contributed by atoms with Crippen molar-refractivity contribution in [3.63, 3.8) is 0 Å². The first-order chi connectivity index (χ1) is 10.5. The molecule has 3 N–H and O–H groups in total. The van der Waals surface area contributed by atoms with Crippen molar-refractivity contribution in [1.82, 2.24) is 10.6 Å². The van der Waals surface area contributed by atoms with Gasteiger partial charge < -0.3 is 15.7 Å². The summed E-state index contributed by atoms with van der Waals surface area (Å²) < 4.78 is 0. The van der Waals surface area contributed by atoms with Crippen LogP contribution in [0.15, 0.2) is 30.3 Å². The summed E-state index contributed by atoms with van der Waals surface area (Å²) >= 11 is 0. The van der Waals surface area contributed by atoms with Gasteiger partial charge in [-0.05, 0) is 25.3 Å². The number of carboxylic acid groups (broad SMARTS) is 1. The van der Waals surface area contributed by atoms with Crippen LogP contribution in [0.25, 0.3) is 0 Å². The molecule has 0 aliphatic rings. The Morgan fingerprint density at radius 2 is 1.77 bits per heavy atom. The van der Waals surface area contributed by atoms with Crippen LogP contribution in [0.3, 0.4) is 0 Å². The van der Waals surface area contributed by atoms with Crippen molar-refractivity contribution in [1.29, 1.82) is 0 Å². The van der Waals surface area contributed by atoms with Crippen LogP contribution in [0.4, 0.5) is 4.79 Å². The average Bonchev–Trinajstić information content (AvgIpc) is 2.50. The molecule has 0 bridgehead atoms. The van der Waals surface area contributed by atoms with E-state index in [9.17, 15) is 14.4 Å². The Morgan fingerprint density at radius 1 is 1.09 bits per heavy atom. The van der Waals surface area contributed by atoms with Gasteiger partial charge in [0.2, 0.25) is 5.78 Å². The molecule has 0 unspecified atom stereocenters. The van der Waals surface area contributed by atoms with Crippen LogP contribution in [0.1, 0.15) is 44.2 Å². The van der Waals surface area contributed by atoms with Crippen molar-refractivity contribution < 1.29 is 19.5 Å². The minimum Gasteiger partial charge on any atom is -0.465 e. The summed E-state index contributed by atoms with van der Waals surface area (Å²) in [4.78, 5) is 33.7. The van der Waals surface area contributed by atoms with Gasteiger partial charge in [-0.2, -0.15) is 0 Å². The van der Waals surface area contributed by atoms with Crippen molar-refractivity contribution in [3.05, 3.63) is 35.9 Å². The lowest BCUT2D eigenvalue weighted by Crippen LogP contribution is -2.33. The van der Waals surface area contributed by atoms with Crippen LogP contribution in [-0.4, -0.2) is 29.4 Å². The van der Waals surface area contributed by atoms with E-state index in [0.29, 0.717) is 25.8 Å². The van der Waals surface area contributed by atoms with E-state index < -0.39 is 17.8 Å². The fraction of sp³-hybridized carbons (Fsp3) is 0.438. The fourth-order valence-corrected chi connectivity index (χ4v) is 2.00. The monoisotopic (exact) mass is 306 g/mol. The minimum atomic E-state index is -1.05. The number of hydrogen-bond acceptors (Lipinski definition) is 3. The van der Waals surface area contributed by atoms with Gasteiger partial charge in [0.05, 0.1) is 6.04 Å². The number of rotatable bonds is 9. The zero-order valence-corrected chi connectivity index (χ0v) is 12.7. The van der Waals surface area contributed by atoms with E-state index in [2.05, 4.69) is 10.6 Å². The number of carbonyl (C=O) groups is 3. The maximum Gasteiger partial charge on any atom is 0.404 e. The largest absolute Gasteiger partial charge is 0.465 e. The molecule has 1 rings (SSSR count). The first-order valence-electron chi connectivity index (χ1n) is 7.36. The number of unbranched alkanes of at least 4 members (excludes halogenated alkanes) is 2. The Hall–Kier alpha value is -2.37. The van der Waals surface area contributed by atoms with Crippen LogP contribution in [0.2, 0.25) is 0 Å². The smallest absolute Gasteiger partial charge is 0.404 e. The van der Waals surface area contributed by atoms with Crippen molar-refractivity contribution >= 4 is 17.8 Å². The topological polar surface area (TPSA) is 95.5 Å². The molecule has 6 heteroatoms. The Kier molecular flexibility index (Phi) is 7.67. The number of Topliss-reactive ketones (excluding diaryl/α,β-unsaturated/α-hetero) is 1. The summed E-state index contributed by atoms with van der Waals surface area (Å²) in [6.07, 6.45) is 1.06. The number of nitrogens with one attached hydrogen (secondary N) is 2. The average molecular weight is 306 g/mol. The van der Waals surface area contributed by atoms with Crippen molar-refractivity contribution in [2.24, 2.45) is 0 Å². The first kappa shape index (κ1) is 17.7. The van der Waals surface area contributed by atoms with Crippen molar-refractivity contribution in [2.45, 2.75) is 38.6 Å². The second-order valence-electron chi connectivity index (χ2n) is 5.07. The predicted molar refractivity (Wildman–Crippen MR) is 82.5 cm³/mol. The Balaban J connectivity index is 2.22. The molecule has 6 nitrogen and oxygen atoms in total. The summed E-state index contributed by atoms with van der Waals surface area (Å²) in [7, 11) is 0. The molecule has 0 saturated carbocycles. The van der Waals surface area contributed by atoms with E-state index in [0.717, 1.165) is 5.56 Å². The van der Waals surface area contributed by atoms with Crippen LogP contribution >= 0.6 is 0 Å². The van der Waals surface area contributed by atoms with E-state index in [1.807, 2.05) is 37.3 Å². The molecule has 0 aromatic heterocycles. The van der Waals surface area contributed by atoms with Crippen molar-refractivity contribution in [2.75, 3.05) is 6.54 Å². The van der Waals surface area contributed by atoms with Gasteiger partial charge in [-0.25, -0.2) is 4.79 Å². The van der Waals surface area contributed by atoms with Gasteiger partial charge in [0.25, 0.3) is 5.91 Å². The summed E-state index contributed by atoms with van der Waals surface area (Å²) in [5, 5.41) is 13.3. The maximum atomic E-state index is 11.8. The number of ketones is 1. The van der Waals surface area contributed by atoms with E-state index in [-0.39, 0.29) is 12.5 Å². The van der Waals surface area contributed by atoms with E-state index >= 15 is 0 Å². The molecule has 120 valence electrons. The first-order valence-corrected chi connectivity index (χ1v) is 7.36. The number of amides is 2. The number of hydrogen-bond donors (Lipinski definition) is 3. The Morgan fingerprint density at radius 3 is 2.41 bits per heavy atom. The Labute approximate surface area is 129 Å². The Bertz CT molecular complexity index is 502. The third-order valence-corrected chi connectivity index (χ3v) is 3.26. The molecular formula is C16H22N2O4. The molecule has 1 aromatic rings. The fourth-order valence-electron chi connectivity index (χ4n) is 2.00. The maximum absolute atomic E-state index is 11.8. The summed E-state index contributed by atoms with van der Waals surface area (Å²) in [6.45, 7) is 2.19. The quantitative estimate of drug-likeness (QED) is 0.481. The lowest BCUT2D eigenvalue weighted by atomic mass is 10.1. The highest BCUT2D eigenvalue weighted by atomic mass is 16.4. The standard InChI is InChI=1S/C16H22N2O4/c1-12(13-8-4-2-5-9-13)18-15(20)14(19)10-6-3-7-11-17-16(21)22/h2,4-5,8-9,12,17H,3,6-7,10-11H2,1H3,(H,18,20)(H,21,22)/t12-/m1/s1. The third kappa shape index (κ3) is 6.88. The highest BCUT2D eigenvalue weighted by Crippen LogP contribution is 2.11. The van der Waals surface area contributed by atoms with Gasteiger partial charge >= 0.3 is 6.09 Å². The minimum absolute atomic E-state index is 0.181. The zero-order chi connectivity index (χ0) is 16.4. The lowest BCUT2D eigenvalue weighted by molar-refractivity contribution is -0.138. The van der Waals surface area contributed by atoms with Gasteiger partial charge in [-0.15, -0.1) is 0 Å². The molecule has 0 heterocycles. The van der Waals surface area contributed by atoms with Crippen LogP contribution in [-0.2, 0) is 9.59 Å². The third-order valence-electron chi connectivity index (χ3n) is 3.26. The predicted octanol–water partition coefficient (Wildman–Crippen LogP) is 2.26. The number of benzene rings is 1. The molecule has 1 aromatic carbocycles. The van der Waals surface area contributed by atoms with Gasteiger partial charge in [0, 0.05) is 13.0 Å². The van der Waals surface area contributed by atoms with Gasteiger partial charge in [-0.3, -0.25) is 9.59 Å². The molecule has 0 fully saturated rings. The molecule has 1 atom stereocenters. The molecule has 22 heavy (non-hydrogen) atoms. The molecule has 0 spiro atoms. The molecular weight excluding hydrogens is 284 g/mol. The lowest BCUT2D eigenvalue weighted by Gasteiger charge is -2.13. The second-order valence-corrected chi connectivity index (χ2v) is 5.07. The normalized spacial score (nSPS) is 11.5. The van der Waals surface area contributed by atoms with Gasteiger partial charge in [-0.1, -0.05) is 36.8 Å². The van der Waals surface area contributed by atoms with Crippen LogP contribution in [0.5, 0.6) is 0 Å². The second kappa shape index (κ2) is 9.55. The van der Waals surface area contributed by atoms with E-state index in [1.54, 1.807) is 0 Å².